The van der Waals surface area contributed by atoms with Crippen LogP contribution in [0, 0.1) is 0 Å². The number of nitrogens with zero attached hydrogens (tertiary/aromatic N) is 3. The second-order valence-electron chi connectivity index (χ2n) is 3.21. The van der Waals surface area contributed by atoms with Crippen LogP contribution >= 0.6 is 0 Å². The number of hydrogen-bond donors (Lipinski definition) is 0. The number of pyridine rings is 1. The Hall–Kier alpha value is -1.78. The molecule has 78 valence electrons. The van der Waals surface area contributed by atoms with Crippen molar-refractivity contribution in [1.82, 2.24) is 14.8 Å². The molecule has 0 aromatic carbocycles. The fourth-order valence-electron chi connectivity index (χ4n) is 1.32. The maximum Gasteiger partial charge on any atom is 0.274 e. The van der Waals surface area contributed by atoms with E-state index in [2.05, 4.69) is 10.1 Å². The number of alkyl halides is 2. The van der Waals surface area contributed by atoms with E-state index < -0.39 is 5.92 Å². The van der Waals surface area contributed by atoms with Crippen LogP contribution in [0.2, 0.25) is 0 Å². The molecule has 0 radical (unpaired) electrons. The summed E-state index contributed by atoms with van der Waals surface area (Å²) < 4.78 is 27.8. The van der Waals surface area contributed by atoms with Gasteiger partial charge in [-0.2, -0.15) is 5.10 Å². The summed E-state index contributed by atoms with van der Waals surface area (Å²) in [6, 6.07) is 4.50. The Morgan fingerprint density at radius 2 is 2.07 bits per heavy atom. The lowest BCUT2D eigenvalue weighted by Crippen LogP contribution is -2.13. The molecule has 0 saturated carbocycles. The van der Waals surface area contributed by atoms with Crippen molar-refractivity contribution in [2.75, 3.05) is 0 Å². The molecule has 0 aliphatic rings. The molecule has 2 rings (SSSR count). The third kappa shape index (κ3) is 1.86. The summed E-state index contributed by atoms with van der Waals surface area (Å²) in [5.41, 5.74) is -0.131. The lowest BCUT2D eigenvalue weighted by molar-refractivity contribution is 0.0170. The molecule has 0 saturated heterocycles. The Bertz CT molecular complexity index is 446. The molecule has 0 amide bonds. The zero-order valence-electron chi connectivity index (χ0n) is 8.06. The van der Waals surface area contributed by atoms with Crippen LogP contribution in [0.1, 0.15) is 12.5 Å². The molecule has 0 bridgehead atoms. The van der Waals surface area contributed by atoms with E-state index in [0.29, 0.717) is 0 Å². The van der Waals surface area contributed by atoms with Crippen LogP contribution in [0.4, 0.5) is 8.78 Å². The molecule has 0 spiro atoms. The summed E-state index contributed by atoms with van der Waals surface area (Å²) in [6.45, 7) is 0.844. The molecular formula is C10H9F2N3. The van der Waals surface area contributed by atoms with Gasteiger partial charge in [-0.05, 0) is 18.2 Å². The fraction of sp³-hybridized carbons (Fsp3) is 0.200. The topological polar surface area (TPSA) is 30.7 Å². The lowest BCUT2D eigenvalue weighted by Gasteiger charge is -2.14. The quantitative estimate of drug-likeness (QED) is 0.760. The van der Waals surface area contributed by atoms with Crippen LogP contribution in [-0.4, -0.2) is 14.8 Å². The van der Waals surface area contributed by atoms with E-state index in [1.165, 1.54) is 29.2 Å². The van der Waals surface area contributed by atoms with Gasteiger partial charge in [0.2, 0.25) is 0 Å². The SMILES string of the molecule is CC(F)(F)c1cccnc1-n1cccn1. The van der Waals surface area contributed by atoms with Crippen molar-refractivity contribution >= 4 is 0 Å². The monoisotopic (exact) mass is 209 g/mol. The first-order valence-corrected chi connectivity index (χ1v) is 4.42. The van der Waals surface area contributed by atoms with Crippen LogP contribution in [0.3, 0.4) is 0 Å². The Morgan fingerprint density at radius 1 is 1.27 bits per heavy atom. The van der Waals surface area contributed by atoms with Crippen molar-refractivity contribution in [2.45, 2.75) is 12.8 Å². The lowest BCUT2D eigenvalue weighted by atomic mass is 10.1. The molecule has 0 atom stereocenters. The van der Waals surface area contributed by atoms with Gasteiger partial charge in [-0.1, -0.05) is 0 Å². The van der Waals surface area contributed by atoms with Crippen molar-refractivity contribution < 1.29 is 8.78 Å². The van der Waals surface area contributed by atoms with E-state index in [9.17, 15) is 8.78 Å². The normalized spacial score (nSPS) is 11.7. The highest BCUT2D eigenvalue weighted by molar-refractivity contribution is 5.35. The van der Waals surface area contributed by atoms with Gasteiger partial charge in [0, 0.05) is 25.5 Å². The van der Waals surface area contributed by atoms with Gasteiger partial charge in [0.15, 0.2) is 5.82 Å². The summed E-state index contributed by atoms with van der Waals surface area (Å²) >= 11 is 0. The van der Waals surface area contributed by atoms with Crippen LogP contribution in [0.25, 0.3) is 5.82 Å². The molecule has 0 aliphatic heterocycles. The molecule has 0 unspecified atom stereocenters. The number of halogens is 2. The minimum absolute atomic E-state index is 0.131. The third-order valence-electron chi connectivity index (χ3n) is 1.98. The van der Waals surface area contributed by atoms with E-state index in [1.807, 2.05) is 0 Å². The van der Waals surface area contributed by atoms with Crippen molar-refractivity contribution in [2.24, 2.45) is 0 Å². The third-order valence-corrected chi connectivity index (χ3v) is 1.98. The molecule has 0 aliphatic carbocycles. The van der Waals surface area contributed by atoms with Gasteiger partial charge in [0.05, 0.1) is 5.56 Å². The van der Waals surface area contributed by atoms with Gasteiger partial charge in [0.25, 0.3) is 5.92 Å². The number of rotatable bonds is 2. The van der Waals surface area contributed by atoms with E-state index in [0.717, 1.165) is 6.92 Å². The smallest absolute Gasteiger partial charge is 0.237 e. The number of hydrogen-bond acceptors (Lipinski definition) is 2. The second-order valence-corrected chi connectivity index (χ2v) is 3.21. The predicted molar refractivity (Wildman–Crippen MR) is 50.9 cm³/mol. The van der Waals surface area contributed by atoms with Gasteiger partial charge >= 0.3 is 0 Å². The molecule has 2 aromatic rings. The number of aromatic nitrogens is 3. The first-order chi connectivity index (χ1) is 7.09. The zero-order chi connectivity index (χ0) is 10.9. The Kier molecular flexibility index (Phi) is 2.22. The summed E-state index contributed by atoms with van der Waals surface area (Å²) in [6.07, 6.45) is 4.57. The van der Waals surface area contributed by atoms with Crippen LogP contribution in [-0.2, 0) is 5.92 Å². The first kappa shape index (κ1) is 9.76. The predicted octanol–water partition coefficient (Wildman–Crippen LogP) is 2.38. The highest BCUT2D eigenvalue weighted by Crippen LogP contribution is 2.30. The summed E-state index contributed by atoms with van der Waals surface area (Å²) in [7, 11) is 0. The van der Waals surface area contributed by atoms with E-state index in [4.69, 9.17) is 0 Å². The van der Waals surface area contributed by atoms with Crippen LogP contribution in [0.15, 0.2) is 36.8 Å². The van der Waals surface area contributed by atoms with E-state index in [-0.39, 0.29) is 11.4 Å². The summed E-state index contributed by atoms with van der Waals surface area (Å²) in [5, 5.41) is 3.88. The molecule has 3 nitrogen and oxygen atoms in total. The highest BCUT2D eigenvalue weighted by atomic mass is 19.3. The average Bonchev–Trinajstić information content (AvgIpc) is 2.69. The molecule has 0 fully saturated rings. The molecule has 2 heterocycles. The van der Waals surface area contributed by atoms with Gasteiger partial charge < -0.3 is 0 Å². The Balaban J connectivity index is 2.58. The summed E-state index contributed by atoms with van der Waals surface area (Å²) in [4.78, 5) is 3.91. The van der Waals surface area contributed by atoms with E-state index in [1.54, 1.807) is 12.3 Å². The second kappa shape index (κ2) is 3.42. The minimum atomic E-state index is -2.92. The maximum absolute atomic E-state index is 13.2. The van der Waals surface area contributed by atoms with Crippen molar-refractivity contribution in [1.29, 1.82) is 0 Å². The van der Waals surface area contributed by atoms with Crippen LogP contribution in [0.5, 0.6) is 0 Å². The fourth-order valence-corrected chi connectivity index (χ4v) is 1.32. The molecule has 2 aromatic heterocycles. The van der Waals surface area contributed by atoms with Gasteiger partial charge in [-0.25, -0.2) is 18.4 Å². The Labute approximate surface area is 85.4 Å². The Morgan fingerprint density at radius 3 is 2.67 bits per heavy atom. The van der Waals surface area contributed by atoms with E-state index >= 15 is 0 Å². The molecule has 5 heteroatoms. The minimum Gasteiger partial charge on any atom is -0.237 e. The standard InChI is InChI=1S/C10H9F2N3/c1-10(11,12)8-4-2-5-13-9(8)15-7-3-6-14-15/h2-7H,1H3. The van der Waals surface area contributed by atoms with Gasteiger partial charge in [0.1, 0.15) is 0 Å². The largest absolute Gasteiger partial charge is 0.274 e. The van der Waals surface area contributed by atoms with Crippen molar-refractivity contribution in [3.05, 3.63) is 42.4 Å². The zero-order valence-corrected chi connectivity index (χ0v) is 8.06. The van der Waals surface area contributed by atoms with Gasteiger partial charge in [-0.3, -0.25) is 0 Å². The highest BCUT2D eigenvalue weighted by Gasteiger charge is 2.28. The molecule has 15 heavy (non-hydrogen) atoms. The van der Waals surface area contributed by atoms with Gasteiger partial charge in [-0.15, -0.1) is 0 Å². The first-order valence-electron chi connectivity index (χ1n) is 4.42. The van der Waals surface area contributed by atoms with Crippen LogP contribution < -0.4 is 0 Å². The van der Waals surface area contributed by atoms with Crippen molar-refractivity contribution in [3.8, 4) is 5.82 Å². The van der Waals surface area contributed by atoms with Crippen molar-refractivity contribution in [3.63, 3.8) is 0 Å². The average molecular weight is 209 g/mol. The molecule has 0 N–H and O–H groups in total. The molecular weight excluding hydrogens is 200 g/mol. The maximum atomic E-state index is 13.2. The summed E-state index contributed by atoms with van der Waals surface area (Å²) in [5.74, 6) is -2.76.